The molecule has 24 heavy (non-hydrogen) atoms. The Balaban J connectivity index is 1.83. The van der Waals surface area contributed by atoms with E-state index < -0.39 is 0 Å². The van der Waals surface area contributed by atoms with Gasteiger partial charge in [-0.1, -0.05) is 12.1 Å². The van der Waals surface area contributed by atoms with Crippen molar-refractivity contribution in [1.82, 2.24) is 4.57 Å². The molecule has 0 spiro atoms. The minimum Gasteiger partial charge on any atom is -0.489 e. The van der Waals surface area contributed by atoms with Crippen LogP contribution in [0.3, 0.4) is 0 Å². The van der Waals surface area contributed by atoms with Gasteiger partial charge in [0.15, 0.2) is 5.43 Å². The lowest BCUT2D eigenvalue weighted by molar-refractivity contribution is 0.228. The highest BCUT2D eigenvalue weighted by Gasteiger charge is 2.17. The van der Waals surface area contributed by atoms with E-state index in [0.717, 1.165) is 34.9 Å². The van der Waals surface area contributed by atoms with Crippen molar-refractivity contribution in [2.24, 2.45) is 0 Å². The predicted molar refractivity (Wildman–Crippen MR) is 103 cm³/mol. The van der Waals surface area contributed by atoms with Crippen LogP contribution in [-0.2, 0) is 0 Å². The van der Waals surface area contributed by atoms with Gasteiger partial charge in [0.2, 0.25) is 0 Å². The predicted octanol–water partition coefficient (Wildman–Crippen LogP) is 4.29. The summed E-state index contributed by atoms with van der Waals surface area (Å²) in [4.78, 5) is 11.5. The van der Waals surface area contributed by atoms with Crippen molar-refractivity contribution >= 4 is 24.0 Å². The van der Waals surface area contributed by atoms with Gasteiger partial charge in [-0.3, -0.25) is 4.79 Å². The Labute approximate surface area is 147 Å². The van der Waals surface area contributed by atoms with Crippen molar-refractivity contribution < 1.29 is 4.74 Å². The van der Waals surface area contributed by atoms with Crippen molar-refractivity contribution in [3.8, 4) is 5.75 Å². The minimum absolute atomic E-state index is 0.0510. The molecule has 4 heteroatoms. The average Bonchev–Trinajstić information content (AvgIpc) is 3.02. The second-order valence-electron chi connectivity index (χ2n) is 6.29. The van der Waals surface area contributed by atoms with Crippen LogP contribution in [0.25, 0.3) is 12.3 Å². The smallest absolute Gasteiger partial charge is 0.182 e. The highest BCUT2D eigenvalue weighted by molar-refractivity contribution is 7.99. The van der Waals surface area contributed by atoms with E-state index >= 15 is 0 Å². The molecule has 0 aliphatic carbocycles. The number of rotatable bonds is 4. The van der Waals surface area contributed by atoms with Crippen molar-refractivity contribution in [2.45, 2.75) is 33.3 Å². The number of pyridine rings is 1. The molecule has 2 aromatic rings. The molecule has 0 N–H and O–H groups in total. The lowest BCUT2D eigenvalue weighted by Crippen LogP contribution is -2.15. The summed E-state index contributed by atoms with van der Waals surface area (Å²) in [6.07, 6.45) is 5.51. The SMILES string of the molecule is Cc1ccc(/C=C/n2c(C)cc(=O)cc2C)cc1OC1CCSC1. The molecule has 1 aliphatic rings. The molecule has 1 aliphatic heterocycles. The first-order valence-corrected chi connectivity index (χ1v) is 9.41. The highest BCUT2D eigenvalue weighted by atomic mass is 32.2. The second kappa shape index (κ2) is 7.31. The number of hydrogen-bond acceptors (Lipinski definition) is 3. The van der Waals surface area contributed by atoms with E-state index in [0.29, 0.717) is 6.10 Å². The maximum absolute atomic E-state index is 11.5. The number of thioether (sulfide) groups is 1. The second-order valence-corrected chi connectivity index (χ2v) is 7.44. The van der Waals surface area contributed by atoms with Gasteiger partial charge in [-0.25, -0.2) is 0 Å². The molecule has 2 heterocycles. The molecule has 1 unspecified atom stereocenters. The summed E-state index contributed by atoms with van der Waals surface area (Å²) in [5.41, 5.74) is 4.18. The van der Waals surface area contributed by atoms with Crippen LogP contribution in [-0.4, -0.2) is 22.2 Å². The average molecular weight is 341 g/mol. The van der Waals surface area contributed by atoms with Crippen LogP contribution >= 0.6 is 11.8 Å². The van der Waals surface area contributed by atoms with Gasteiger partial charge in [-0.2, -0.15) is 11.8 Å². The Morgan fingerprint density at radius 2 is 1.92 bits per heavy atom. The van der Waals surface area contributed by atoms with E-state index in [1.54, 1.807) is 12.1 Å². The molecule has 1 fully saturated rings. The summed E-state index contributed by atoms with van der Waals surface area (Å²) in [6, 6.07) is 9.59. The zero-order valence-corrected chi connectivity index (χ0v) is 15.2. The van der Waals surface area contributed by atoms with Crippen molar-refractivity contribution in [2.75, 3.05) is 11.5 Å². The molecular weight excluding hydrogens is 318 g/mol. The van der Waals surface area contributed by atoms with E-state index in [-0.39, 0.29) is 5.43 Å². The molecule has 3 nitrogen and oxygen atoms in total. The van der Waals surface area contributed by atoms with Gasteiger partial charge >= 0.3 is 0 Å². The Kier molecular flexibility index (Phi) is 5.14. The zero-order valence-electron chi connectivity index (χ0n) is 14.4. The van der Waals surface area contributed by atoms with Crippen molar-refractivity contribution in [1.29, 1.82) is 0 Å². The fourth-order valence-corrected chi connectivity index (χ4v) is 3.99. The quantitative estimate of drug-likeness (QED) is 0.831. The largest absolute Gasteiger partial charge is 0.489 e. The molecule has 0 saturated carbocycles. The standard InChI is InChI=1S/C20H23NO2S/c1-14-4-5-17(12-20(14)23-19-7-9-24-13-19)6-8-21-15(2)10-18(22)11-16(21)3/h4-6,8,10-12,19H,7,9,13H2,1-3H3/b8-6+. The molecule has 3 rings (SSSR count). The van der Waals surface area contributed by atoms with Crippen LogP contribution in [0, 0.1) is 20.8 Å². The van der Waals surface area contributed by atoms with Crippen LogP contribution in [0.1, 0.15) is 28.9 Å². The fraction of sp³-hybridized carbons (Fsp3) is 0.350. The number of aryl methyl sites for hydroxylation is 3. The fourth-order valence-electron chi connectivity index (χ4n) is 2.90. The molecule has 1 aromatic heterocycles. The number of ether oxygens (including phenoxy) is 1. The molecule has 1 atom stereocenters. The third-order valence-electron chi connectivity index (χ3n) is 4.27. The molecule has 0 bridgehead atoms. The van der Waals surface area contributed by atoms with E-state index in [9.17, 15) is 4.79 Å². The Hall–Kier alpha value is -1.94. The Morgan fingerprint density at radius 3 is 2.58 bits per heavy atom. The summed E-state index contributed by atoms with van der Waals surface area (Å²) in [5, 5.41) is 0. The van der Waals surface area contributed by atoms with Crippen LogP contribution in [0.5, 0.6) is 5.75 Å². The summed E-state index contributed by atoms with van der Waals surface area (Å²) in [6.45, 7) is 5.97. The molecule has 0 radical (unpaired) electrons. The number of nitrogens with zero attached hydrogens (tertiary/aromatic N) is 1. The van der Waals surface area contributed by atoms with Crippen LogP contribution in [0.2, 0.25) is 0 Å². The van der Waals surface area contributed by atoms with Gasteiger partial charge < -0.3 is 9.30 Å². The number of hydrogen-bond donors (Lipinski definition) is 0. The van der Waals surface area contributed by atoms with Crippen LogP contribution in [0.4, 0.5) is 0 Å². The molecule has 0 amide bonds. The van der Waals surface area contributed by atoms with Crippen molar-refractivity contribution in [3.05, 3.63) is 63.1 Å². The van der Waals surface area contributed by atoms with Gasteiger partial charge in [-0.15, -0.1) is 0 Å². The molecule has 126 valence electrons. The topological polar surface area (TPSA) is 31.2 Å². The summed E-state index contributed by atoms with van der Waals surface area (Å²) in [7, 11) is 0. The molecule has 1 aromatic carbocycles. The summed E-state index contributed by atoms with van der Waals surface area (Å²) >= 11 is 1.96. The number of benzene rings is 1. The normalized spacial score (nSPS) is 17.5. The lowest BCUT2D eigenvalue weighted by atomic mass is 10.1. The van der Waals surface area contributed by atoms with E-state index in [2.05, 4.69) is 31.2 Å². The highest BCUT2D eigenvalue weighted by Crippen LogP contribution is 2.27. The Morgan fingerprint density at radius 1 is 1.17 bits per heavy atom. The summed E-state index contributed by atoms with van der Waals surface area (Å²) in [5.74, 6) is 3.24. The zero-order chi connectivity index (χ0) is 17.1. The first kappa shape index (κ1) is 16.9. The first-order chi connectivity index (χ1) is 11.5. The van der Waals surface area contributed by atoms with Gasteiger partial charge in [0.05, 0.1) is 0 Å². The van der Waals surface area contributed by atoms with Gasteiger partial charge in [0.25, 0.3) is 0 Å². The molecule has 1 saturated heterocycles. The Bertz CT molecular complexity index is 791. The van der Waals surface area contributed by atoms with Crippen molar-refractivity contribution in [3.63, 3.8) is 0 Å². The van der Waals surface area contributed by atoms with E-state index in [1.807, 2.05) is 36.4 Å². The van der Waals surface area contributed by atoms with E-state index in [1.165, 1.54) is 11.3 Å². The maximum Gasteiger partial charge on any atom is 0.182 e. The monoisotopic (exact) mass is 341 g/mol. The number of aromatic nitrogens is 1. The third-order valence-corrected chi connectivity index (χ3v) is 5.40. The first-order valence-electron chi connectivity index (χ1n) is 8.26. The van der Waals surface area contributed by atoms with Gasteiger partial charge in [0, 0.05) is 35.5 Å². The third kappa shape index (κ3) is 3.93. The van der Waals surface area contributed by atoms with E-state index in [4.69, 9.17) is 4.74 Å². The van der Waals surface area contributed by atoms with Gasteiger partial charge in [0.1, 0.15) is 11.9 Å². The van der Waals surface area contributed by atoms with Crippen LogP contribution in [0.15, 0.2) is 35.1 Å². The lowest BCUT2D eigenvalue weighted by Gasteiger charge is -2.15. The minimum atomic E-state index is 0.0510. The summed E-state index contributed by atoms with van der Waals surface area (Å²) < 4.78 is 8.18. The molecular formula is C20H23NO2S. The maximum atomic E-state index is 11.5. The van der Waals surface area contributed by atoms with Gasteiger partial charge in [-0.05, 0) is 56.2 Å². The van der Waals surface area contributed by atoms with Crippen LogP contribution < -0.4 is 10.2 Å².